The third kappa shape index (κ3) is 4.28. The summed E-state index contributed by atoms with van der Waals surface area (Å²) in [5, 5.41) is 2.58. The molecule has 3 rings (SSSR count). The van der Waals surface area contributed by atoms with Crippen molar-refractivity contribution in [2.45, 2.75) is 37.5 Å². The number of amides is 1. The van der Waals surface area contributed by atoms with Crippen molar-refractivity contribution in [3.8, 4) is 0 Å². The Morgan fingerprint density at radius 2 is 2.52 bits per heavy atom. The van der Waals surface area contributed by atoms with E-state index in [1.807, 2.05) is 12.3 Å². The Balaban J connectivity index is 1.53. The fraction of sp³-hybridized carbons (Fsp3) is 0.647. The summed E-state index contributed by atoms with van der Waals surface area (Å²) in [6.07, 6.45) is 6.80. The van der Waals surface area contributed by atoms with Gasteiger partial charge in [0.2, 0.25) is 5.91 Å². The van der Waals surface area contributed by atoms with Crippen molar-refractivity contribution in [2.24, 2.45) is 0 Å². The summed E-state index contributed by atoms with van der Waals surface area (Å²) in [5.41, 5.74) is 1.11. The first-order valence-corrected chi connectivity index (χ1v) is 8.26. The van der Waals surface area contributed by atoms with Gasteiger partial charge in [-0.15, -0.1) is 0 Å². The maximum Gasteiger partial charge on any atom is 0.245 e. The molecular weight excluding hydrogens is 294 g/mol. The van der Waals surface area contributed by atoms with Crippen molar-refractivity contribution in [2.75, 3.05) is 33.4 Å². The van der Waals surface area contributed by atoms with E-state index in [4.69, 9.17) is 9.47 Å². The molecular formula is C17H25N3O3. The van der Waals surface area contributed by atoms with Gasteiger partial charge in [0.25, 0.3) is 0 Å². The van der Waals surface area contributed by atoms with Gasteiger partial charge in [0.05, 0.1) is 18.3 Å². The van der Waals surface area contributed by atoms with Crippen LogP contribution in [-0.4, -0.2) is 60.8 Å². The van der Waals surface area contributed by atoms with E-state index < -0.39 is 0 Å². The van der Waals surface area contributed by atoms with Crippen molar-refractivity contribution in [1.82, 2.24) is 15.2 Å². The summed E-state index contributed by atoms with van der Waals surface area (Å²) in [5.74, 6) is -0.0900. The first kappa shape index (κ1) is 16.4. The second-order valence-corrected chi connectivity index (χ2v) is 6.48. The van der Waals surface area contributed by atoms with Gasteiger partial charge in [0.15, 0.2) is 0 Å². The van der Waals surface area contributed by atoms with Gasteiger partial charge in [0, 0.05) is 39.0 Å². The summed E-state index contributed by atoms with van der Waals surface area (Å²) in [6, 6.07) is 4.09. The zero-order chi connectivity index (χ0) is 16.1. The molecule has 0 bridgehead atoms. The summed E-state index contributed by atoms with van der Waals surface area (Å²) >= 11 is 0. The lowest BCUT2D eigenvalue weighted by Crippen LogP contribution is -2.47. The number of pyridine rings is 1. The molecule has 1 N–H and O–H groups in total. The van der Waals surface area contributed by atoms with E-state index in [2.05, 4.69) is 21.3 Å². The molecule has 6 heteroatoms. The minimum Gasteiger partial charge on any atom is -0.371 e. The maximum atomic E-state index is 11.3. The third-order valence-electron chi connectivity index (χ3n) is 4.65. The fourth-order valence-corrected chi connectivity index (χ4v) is 3.53. The molecule has 2 fully saturated rings. The molecule has 0 aromatic carbocycles. The zero-order valence-electron chi connectivity index (χ0n) is 13.7. The first-order valence-electron chi connectivity index (χ1n) is 8.26. The molecule has 0 saturated carbocycles. The van der Waals surface area contributed by atoms with Gasteiger partial charge in [-0.3, -0.25) is 14.7 Å². The molecule has 23 heavy (non-hydrogen) atoms. The van der Waals surface area contributed by atoms with Crippen LogP contribution < -0.4 is 5.32 Å². The summed E-state index contributed by atoms with van der Waals surface area (Å²) < 4.78 is 11.8. The van der Waals surface area contributed by atoms with E-state index in [1.54, 1.807) is 13.2 Å². The number of likely N-dealkylation sites (N-methyl/N-ethyl adjacent to an activating group) is 1. The summed E-state index contributed by atoms with van der Waals surface area (Å²) in [7, 11) is 1.62. The van der Waals surface area contributed by atoms with E-state index in [1.165, 1.54) is 5.56 Å². The largest absolute Gasteiger partial charge is 0.371 e. The van der Waals surface area contributed by atoms with E-state index in [-0.39, 0.29) is 24.2 Å². The highest BCUT2D eigenvalue weighted by molar-refractivity contribution is 5.76. The van der Waals surface area contributed by atoms with Crippen LogP contribution in [-0.2, 0) is 20.8 Å². The minimum atomic E-state index is -0.117. The minimum absolute atomic E-state index is 0.0191. The third-order valence-corrected chi connectivity index (χ3v) is 4.65. The van der Waals surface area contributed by atoms with Gasteiger partial charge >= 0.3 is 0 Å². The van der Waals surface area contributed by atoms with Crippen LogP contribution in [0.25, 0.3) is 0 Å². The normalized spacial score (nSPS) is 28.1. The van der Waals surface area contributed by atoms with Gasteiger partial charge in [-0.05, 0) is 31.0 Å². The van der Waals surface area contributed by atoms with Crippen LogP contribution in [0.4, 0.5) is 0 Å². The Morgan fingerprint density at radius 1 is 1.61 bits per heavy atom. The monoisotopic (exact) mass is 319 g/mol. The van der Waals surface area contributed by atoms with Crippen LogP contribution in [0.1, 0.15) is 24.8 Å². The van der Waals surface area contributed by atoms with E-state index in [9.17, 15) is 4.79 Å². The van der Waals surface area contributed by atoms with Gasteiger partial charge in [0.1, 0.15) is 6.61 Å². The average Bonchev–Trinajstić information content (AvgIpc) is 2.96. The topological polar surface area (TPSA) is 63.7 Å². The van der Waals surface area contributed by atoms with Crippen LogP contribution >= 0.6 is 0 Å². The molecule has 0 aliphatic carbocycles. The fourth-order valence-electron chi connectivity index (χ4n) is 3.53. The second kappa shape index (κ2) is 7.38. The number of hydrogen-bond donors (Lipinski definition) is 1. The van der Waals surface area contributed by atoms with Gasteiger partial charge in [-0.25, -0.2) is 0 Å². The molecule has 6 nitrogen and oxygen atoms in total. The van der Waals surface area contributed by atoms with Gasteiger partial charge in [-0.1, -0.05) is 6.07 Å². The molecule has 2 saturated heterocycles. The molecule has 1 aromatic heterocycles. The quantitative estimate of drug-likeness (QED) is 0.876. The van der Waals surface area contributed by atoms with Crippen LogP contribution in [0.15, 0.2) is 24.5 Å². The molecule has 1 amide bonds. The van der Waals surface area contributed by atoms with Crippen LogP contribution in [0.2, 0.25) is 0 Å². The lowest BCUT2D eigenvalue weighted by Gasteiger charge is -2.39. The van der Waals surface area contributed by atoms with Crippen LogP contribution in [0, 0.1) is 0 Å². The zero-order valence-corrected chi connectivity index (χ0v) is 13.7. The van der Waals surface area contributed by atoms with Crippen molar-refractivity contribution >= 4 is 5.91 Å². The molecule has 126 valence electrons. The maximum absolute atomic E-state index is 11.3. The number of aromatic nitrogens is 1. The molecule has 2 atom stereocenters. The highest BCUT2D eigenvalue weighted by atomic mass is 16.6. The van der Waals surface area contributed by atoms with E-state index >= 15 is 0 Å². The van der Waals surface area contributed by atoms with E-state index in [0.29, 0.717) is 6.61 Å². The van der Waals surface area contributed by atoms with E-state index in [0.717, 1.165) is 38.9 Å². The molecule has 2 aliphatic rings. The number of piperidine rings is 1. The molecule has 1 spiro atoms. The predicted molar refractivity (Wildman–Crippen MR) is 85.9 cm³/mol. The second-order valence-electron chi connectivity index (χ2n) is 6.48. The number of carbonyl (C=O) groups is 1. The highest BCUT2D eigenvalue weighted by Gasteiger charge is 2.43. The molecule has 3 heterocycles. The Labute approximate surface area is 137 Å². The first-order chi connectivity index (χ1) is 11.2. The molecule has 2 unspecified atom stereocenters. The molecule has 2 aliphatic heterocycles. The smallest absolute Gasteiger partial charge is 0.245 e. The van der Waals surface area contributed by atoms with Crippen molar-refractivity contribution in [3.05, 3.63) is 30.1 Å². The Morgan fingerprint density at radius 3 is 3.30 bits per heavy atom. The summed E-state index contributed by atoms with van der Waals surface area (Å²) in [6.45, 7) is 3.60. The van der Waals surface area contributed by atoms with Crippen LogP contribution in [0.3, 0.4) is 0 Å². The average molecular weight is 319 g/mol. The number of nitrogens with one attached hydrogen (secondary N) is 1. The number of rotatable bonds is 5. The molecule has 1 aromatic rings. The van der Waals surface area contributed by atoms with Gasteiger partial charge < -0.3 is 14.8 Å². The van der Waals surface area contributed by atoms with Crippen molar-refractivity contribution in [1.29, 1.82) is 0 Å². The summed E-state index contributed by atoms with van der Waals surface area (Å²) in [4.78, 5) is 17.9. The Hall–Kier alpha value is -1.50. The SMILES string of the molecule is CNC(=O)COC1COC2(CCCN(Cc3cccnc3)C2)C1. The lowest BCUT2D eigenvalue weighted by molar-refractivity contribution is -0.127. The number of hydrogen-bond acceptors (Lipinski definition) is 5. The number of likely N-dealkylation sites (tertiary alicyclic amines) is 1. The standard InChI is InChI=1S/C17H25N3O3/c1-18-16(21)12-22-15-8-17(23-11-15)5-3-7-20(13-17)10-14-4-2-6-19-9-14/h2,4,6,9,15H,3,5,7-8,10-13H2,1H3,(H,18,21). The number of nitrogens with zero attached hydrogens (tertiary/aromatic N) is 2. The molecule has 0 radical (unpaired) electrons. The van der Waals surface area contributed by atoms with Gasteiger partial charge in [-0.2, -0.15) is 0 Å². The highest BCUT2D eigenvalue weighted by Crippen LogP contribution is 2.36. The number of ether oxygens (including phenoxy) is 2. The number of carbonyl (C=O) groups excluding carboxylic acids is 1. The Kier molecular flexibility index (Phi) is 5.25. The lowest BCUT2D eigenvalue weighted by atomic mass is 9.89. The predicted octanol–water partition coefficient (Wildman–Crippen LogP) is 0.968. The van der Waals surface area contributed by atoms with Crippen molar-refractivity contribution in [3.63, 3.8) is 0 Å². The van der Waals surface area contributed by atoms with Crippen LogP contribution in [0.5, 0.6) is 0 Å². The Bertz CT molecular complexity index is 525. The van der Waals surface area contributed by atoms with Crippen molar-refractivity contribution < 1.29 is 14.3 Å².